The molecule has 7 heteroatoms. The molecule has 21 heavy (non-hydrogen) atoms. The highest BCUT2D eigenvalue weighted by atomic mass is 35.5. The van der Waals surface area contributed by atoms with E-state index in [1.54, 1.807) is 35.7 Å². The lowest BCUT2D eigenvalue weighted by Crippen LogP contribution is -2.29. The number of hydrogen-bond acceptors (Lipinski definition) is 4. The lowest BCUT2D eigenvalue weighted by molar-refractivity contribution is -0.123. The number of carbonyl (C=O) groups excluding carboxylic acids is 2. The van der Waals surface area contributed by atoms with Crippen molar-refractivity contribution in [2.24, 2.45) is 0 Å². The van der Waals surface area contributed by atoms with Crippen LogP contribution in [0.3, 0.4) is 0 Å². The van der Waals surface area contributed by atoms with Gasteiger partial charge in [0.05, 0.1) is 15.7 Å². The first-order valence-electron chi connectivity index (χ1n) is 5.98. The second-order valence-electron chi connectivity index (χ2n) is 4.12. The molecule has 0 spiro atoms. The summed E-state index contributed by atoms with van der Waals surface area (Å²) in [6.45, 7) is 1.49. The Morgan fingerprint density at radius 2 is 2.00 bits per heavy atom. The quantitative estimate of drug-likeness (QED) is 0.844. The minimum Gasteiger partial charge on any atom is -0.448 e. The minimum atomic E-state index is -0.949. The molecular formula is C14H11Cl2NO3S. The average Bonchev–Trinajstić information content (AvgIpc) is 2.98. The molecule has 1 N–H and O–H groups in total. The summed E-state index contributed by atoms with van der Waals surface area (Å²) >= 11 is 13.1. The molecule has 0 saturated heterocycles. The van der Waals surface area contributed by atoms with Gasteiger partial charge in [-0.15, -0.1) is 11.3 Å². The van der Waals surface area contributed by atoms with Crippen molar-refractivity contribution >= 4 is 52.1 Å². The van der Waals surface area contributed by atoms with Crippen molar-refractivity contribution in [2.45, 2.75) is 13.0 Å². The van der Waals surface area contributed by atoms with E-state index < -0.39 is 18.0 Å². The lowest BCUT2D eigenvalue weighted by Gasteiger charge is -2.14. The number of anilines is 1. The van der Waals surface area contributed by atoms with Crippen LogP contribution in [-0.2, 0) is 9.53 Å². The molecule has 2 rings (SSSR count). The van der Waals surface area contributed by atoms with Gasteiger partial charge < -0.3 is 10.1 Å². The van der Waals surface area contributed by atoms with Crippen LogP contribution in [0.2, 0.25) is 10.0 Å². The normalized spacial score (nSPS) is 11.8. The Morgan fingerprint density at radius 3 is 2.67 bits per heavy atom. The standard InChI is InChI=1S/C14H11Cl2NO3S/c1-8(20-14(19)11-6-3-7-21-11)13(18)17-10-5-2-4-9(15)12(10)16/h2-8H,1H3,(H,17,18)/t8-/m0/s1. The highest BCUT2D eigenvalue weighted by Gasteiger charge is 2.20. The third-order valence-corrected chi connectivity index (χ3v) is 4.25. The van der Waals surface area contributed by atoms with Crippen LogP contribution in [0, 0.1) is 0 Å². The molecule has 2 aromatic rings. The molecule has 0 fully saturated rings. The van der Waals surface area contributed by atoms with Crippen LogP contribution in [0.4, 0.5) is 5.69 Å². The van der Waals surface area contributed by atoms with Crippen molar-refractivity contribution in [1.82, 2.24) is 0 Å². The predicted molar refractivity (Wildman–Crippen MR) is 84.3 cm³/mol. The monoisotopic (exact) mass is 343 g/mol. The van der Waals surface area contributed by atoms with Crippen LogP contribution >= 0.6 is 34.5 Å². The summed E-state index contributed by atoms with van der Waals surface area (Å²) in [6.07, 6.45) is -0.949. The number of carbonyl (C=O) groups is 2. The fourth-order valence-electron chi connectivity index (χ4n) is 1.50. The van der Waals surface area contributed by atoms with E-state index in [1.807, 2.05) is 0 Å². The number of thiophene rings is 1. The molecule has 0 bridgehead atoms. The molecular weight excluding hydrogens is 333 g/mol. The molecule has 0 aliphatic carbocycles. The number of rotatable bonds is 4. The molecule has 1 atom stereocenters. The van der Waals surface area contributed by atoms with Crippen molar-refractivity contribution in [2.75, 3.05) is 5.32 Å². The van der Waals surface area contributed by atoms with Gasteiger partial charge in [-0.05, 0) is 30.5 Å². The molecule has 0 unspecified atom stereocenters. The maximum Gasteiger partial charge on any atom is 0.349 e. The molecule has 0 radical (unpaired) electrons. The fourth-order valence-corrected chi connectivity index (χ4v) is 2.45. The summed E-state index contributed by atoms with van der Waals surface area (Å²) in [7, 11) is 0. The molecule has 4 nitrogen and oxygen atoms in total. The first-order valence-corrected chi connectivity index (χ1v) is 7.62. The summed E-state index contributed by atoms with van der Waals surface area (Å²) in [5.74, 6) is -1.02. The zero-order valence-electron chi connectivity index (χ0n) is 10.9. The third kappa shape index (κ3) is 3.97. The maximum atomic E-state index is 12.0. The lowest BCUT2D eigenvalue weighted by atomic mass is 10.3. The van der Waals surface area contributed by atoms with Crippen molar-refractivity contribution in [3.05, 3.63) is 50.6 Å². The van der Waals surface area contributed by atoms with Crippen LogP contribution in [0.1, 0.15) is 16.6 Å². The zero-order chi connectivity index (χ0) is 15.4. The Morgan fingerprint density at radius 1 is 1.24 bits per heavy atom. The van der Waals surface area contributed by atoms with E-state index in [0.29, 0.717) is 15.6 Å². The van der Waals surface area contributed by atoms with Crippen LogP contribution in [0.25, 0.3) is 0 Å². The van der Waals surface area contributed by atoms with E-state index in [0.717, 1.165) is 0 Å². The minimum absolute atomic E-state index is 0.240. The summed E-state index contributed by atoms with van der Waals surface area (Å²) in [5.41, 5.74) is 0.369. The van der Waals surface area contributed by atoms with Crippen LogP contribution in [0.15, 0.2) is 35.7 Å². The first-order chi connectivity index (χ1) is 9.99. The Labute approximate surface area is 135 Å². The first kappa shape index (κ1) is 15.8. The van der Waals surface area contributed by atoms with Gasteiger partial charge in [0.2, 0.25) is 0 Å². The molecule has 0 aliphatic heterocycles. The number of ether oxygens (including phenoxy) is 1. The van der Waals surface area contributed by atoms with Gasteiger partial charge in [-0.3, -0.25) is 4.79 Å². The van der Waals surface area contributed by atoms with Crippen molar-refractivity contribution < 1.29 is 14.3 Å². The smallest absolute Gasteiger partial charge is 0.349 e. The van der Waals surface area contributed by atoms with E-state index >= 15 is 0 Å². The van der Waals surface area contributed by atoms with Gasteiger partial charge in [0.25, 0.3) is 5.91 Å². The fraction of sp³-hybridized carbons (Fsp3) is 0.143. The number of halogens is 2. The van der Waals surface area contributed by atoms with Gasteiger partial charge in [0, 0.05) is 0 Å². The molecule has 1 amide bonds. The van der Waals surface area contributed by atoms with Gasteiger partial charge in [0.1, 0.15) is 4.88 Å². The molecule has 0 saturated carbocycles. The number of benzene rings is 1. The van der Waals surface area contributed by atoms with Gasteiger partial charge >= 0.3 is 5.97 Å². The highest BCUT2D eigenvalue weighted by molar-refractivity contribution is 7.11. The van der Waals surface area contributed by atoms with Gasteiger partial charge in [-0.2, -0.15) is 0 Å². The summed E-state index contributed by atoms with van der Waals surface area (Å²) < 4.78 is 5.08. The number of amides is 1. The third-order valence-electron chi connectivity index (χ3n) is 2.58. The maximum absolute atomic E-state index is 12.0. The highest BCUT2D eigenvalue weighted by Crippen LogP contribution is 2.29. The number of nitrogens with one attached hydrogen (secondary N) is 1. The van der Waals surface area contributed by atoms with E-state index in [4.69, 9.17) is 27.9 Å². The molecule has 0 aliphatic rings. The summed E-state index contributed by atoms with van der Waals surface area (Å²) in [5, 5.41) is 4.90. The van der Waals surface area contributed by atoms with Crippen molar-refractivity contribution in [3.8, 4) is 0 Å². The second-order valence-corrected chi connectivity index (χ2v) is 5.85. The molecule has 110 valence electrons. The van der Waals surface area contributed by atoms with Gasteiger partial charge in [-0.25, -0.2) is 4.79 Å². The summed E-state index contributed by atoms with van der Waals surface area (Å²) in [6, 6.07) is 8.25. The van der Waals surface area contributed by atoms with Crippen LogP contribution in [-0.4, -0.2) is 18.0 Å². The Hall–Kier alpha value is -1.56. The Kier molecular flexibility index (Phi) is 5.22. The van der Waals surface area contributed by atoms with Crippen LogP contribution < -0.4 is 5.32 Å². The Bertz CT molecular complexity index is 658. The molecule has 1 heterocycles. The summed E-state index contributed by atoms with van der Waals surface area (Å²) in [4.78, 5) is 24.2. The van der Waals surface area contributed by atoms with Gasteiger partial charge in [-0.1, -0.05) is 35.3 Å². The van der Waals surface area contributed by atoms with E-state index in [9.17, 15) is 9.59 Å². The number of esters is 1. The van der Waals surface area contributed by atoms with E-state index in [1.165, 1.54) is 18.3 Å². The van der Waals surface area contributed by atoms with Crippen molar-refractivity contribution in [3.63, 3.8) is 0 Å². The van der Waals surface area contributed by atoms with E-state index in [2.05, 4.69) is 5.32 Å². The Balaban J connectivity index is 2.00. The zero-order valence-corrected chi connectivity index (χ0v) is 13.3. The largest absolute Gasteiger partial charge is 0.448 e. The topological polar surface area (TPSA) is 55.4 Å². The molecule has 1 aromatic carbocycles. The van der Waals surface area contributed by atoms with Crippen molar-refractivity contribution in [1.29, 1.82) is 0 Å². The predicted octanol–water partition coefficient (Wildman–Crippen LogP) is 4.24. The SMILES string of the molecule is C[C@H](OC(=O)c1cccs1)C(=O)Nc1cccc(Cl)c1Cl. The van der Waals surface area contributed by atoms with Gasteiger partial charge in [0.15, 0.2) is 6.10 Å². The average molecular weight is 344 g/mol. The van der Waals surface area contributed by atoms with Crippen LogP contribution in [0.5, 0.6) is 0 Å². The number of hydrogen-bond donors (Lipinski definition) is 1. The second kappa shape index (κ2) is 6.93. The van der Waals surface area contributed by atoms with E-state index in [-0.39, 0.29) is 5.02 Å². The molecule has 1 aromatic heterocycles.